The third kappa shape index (κ3) is 3.59. The third-order valence-electron chi connectivity index (χ3n) is 8.42. The van der Waals surface area contributed by atoms with E-state index >= 15 is 0 Å². The molecule has 10 nitrogen and oxygen atoms in total. The van der Waals surface area contributed by atoms with Gasteiger partial charge in [-0.05, 0) is 63.3 Å². The molecule has 39 heavy (non-hydrogen) atoms. The molecule has 0 unspecified atom stereocenters. The summed E-state index contributed by atoms with van der Waals surface area (Å²) in [5.74, 6) is 0.651. The standard InChI is InChI=1S/C27H24ClFN6O4/c1-12(30-17-5-6-18(28)31-20(17)23(37)38)15-7-14(29)8-16-19(15)32-25(35(2)22(16)36)27-9-26(10-27,11-27)24-33-21(39-34-24)13-3-4-13/h5-8,12-13,30H,3-4,9-11H2,1-2H3,(H,37,38)/t12-,26?,27?/m1/s1. The molecule has 0 aliphatic heterocycles. The zero-order chi connectivity index (χ0) is 27.3. The Morgan fingerprint density at radius 1 is 1.21 bits per heavy atom. The SMILES string of the molecule is C[C@@H](Nc1ccc(Cl)nc1C(=O)O)c1cc(F)cc2c(=O)n(C)c(C34CC(c5noc(C6CC6)n5)(C3)C4)nc12. The van der Waals surface area contributed by atoms with Crippen molar-refractivity contribution in [2.75, 3.05) is 5.32 Å². The van der Waals surface area contributed by atoms with E-state index in [1.165, 1.54) is 28.8 Å². The van der Waals surface area contributed by atoms with Crippen LogP contribution in [0.4, 0.5) is 10.1 Å². The van der Waals surface area contributed by atoms with E-state index in [4.69, 9.17) is 21.1 Å². The van der Waals surface area contributed by atoms with E-state index in [-0.39, 0.29) is 38.3 Å². The molecular weight excluding hydrogens is 527 g/mol. The van der Waals surface area contributed by atoms with Crippen LogP contribution in [0.15, 0.2) is 33.6 Å². The van der Waals surface area contributed by atoms with E-state index in [1.807, 2.05) is 0 Å². The maximum atomic E-state index is 14.7. The minimum Gasteiger partial charge on any atom is -0.476 e. The normalized spacial score (nSPS) is 24.2. The first kappa shape index (κ1) is 24.2. The van der Waals surface area contributed by atoms with E-state index in [1.54, 1.807) is 14.0 Å². The number of aromatic nitrogens is 5. The summed E-state index contributed by atoms with van der Waals surface area (Å²) in [6, 6.07) is 4.88. The molecule has 0 amide bonds. The second-order valence-electron chi connectivity index (χ2n) is 11.2. The van der Waals surface area contributed by atoms with Crippen LogP contribution in [-0.4, -0.2) is 35.8 Å². The highest BCUT2D eigenvalue weighted by molar-refractivity contribution is 6.29. The average Bonchev–Trinajstić information content (AvgIpc) is 3.59. The molecule has 2 bridgehead atoms. The number of nitrogens with zero attached hydrogens (tertiary/aromatic N) is 5. The smallest absolute Gasteiger partial charge is 0.356 e. The molecule has 4 aliphatic carbocycles. The summed E-state index contributed by atoms with van der Waals surface area (Å²) in [5, 5.41) is 17.1. The minimum absolute atomic E-state index is 0.0394. The second kappa shape index (κ2) is 8.08. The third-order valence-corrected chi connectivity index (χ3v) is 8.63. The fraction of sp³-hybridized carbons (Fsp3) is 0.407. The molecule has 0 spiro atoms. The summed E-state index contributed by atoms with van der Waals surface area (Å²) in [6.07, 6.45) is 4.46. The topological polar surface area (TPSA) is 136 Å². The molecule has 2 N–H and O–H groups in total. The van der Waals surface area contributed by atoms with Crippen molar-refractivity contribution in [3.63, 3.8) is 0 Å². The lowest BCUT2D eigenvalue weighted by Gasteiger charge is -2.68. The van der Waals surface area contributed by atoms with Gasteiger partial charge in [-0.25, -0.2) is 19.2 Å². The molecule has 12 heteroatoms. The van der Waals surface area contributed by atoms with E-state index in [0.717, 1.165) is 43.8 Å². The quantitative estimate of drug-likeness (QED) is 0.316. The van der Waals surface area contributed by atoms with Crippen molar-refractivity contribution in [1.29, 1.82) is 0 Å². The van der Waals surface area contributed by atoms with Gasteiger partial charge in [-0.2, -0.15) is 4.98 Å². The van der Waals surface area contributed by atoms with Crippen LogP contribution in [0.25, 0.3) is 10.9 Å². The Balaban J connectivity index is 1.25. The van der Waals surface area contributed by atoms with E-state index in [2.05, 4.69) is 20.4 Å². The number of hydrogen-bond donors (Lipinski definition) is 2. The largest absolute Gasteiger partial charge is 0.476 e. The molecule has 8 rings (SSSR count). The van der Waals surface area contributed by atoms with Gasteiger partial charge in [0.15, 0.2) is 11.5 Å². The second-order valence-corrected chi connectivity index (χ2v) is 11.6. The first-order valence-electron chi connectivity index (χ1n) is 12.8. The summed E-state index contributed by atoms with van der Waals surface area (Å²) < 4.78 is 21.7. The molecular formula is C27H24ClFN6O4. The lowest BCUT2D eigenvalue weighted by molar-refractivity contribution is -0.0846. The van der Waals surface area contributed by atoms with Crippen molar-refractivity contribution in [1.82, 2.24) is 24.7 Å². The van der Waals surface area contributed by atoms with Crippen molar-refractivity contribution in [2.24, 2.45) is 7.05 Å². The number of benzene rings is 1. The molecule has 4 aromatic rings. The number of carboxylic acid groups (broad SMARTS) is 1. The predicted molar refractivity (Wildman–Crippen MR) is 139 cm³/mol. The highest BCUT2D eigenvalue weighted by Crippen LogP contribution is 2.73. The van der Waals surface area contributed by atoms with Crippen molar-refractivity contribution in [2.45, 2.75) is 61.8 Å². The van der Waals surface area contributed by atoms with Gasteiger partial charge in [0, 0.05) is 29.4 Å². The molecule has 1 atom stereocenters. The van der Waals surface area contributed by atoms with Crippen molar-refractivity contribution >= 4 is 34.2 Å². The fourth-order valence-corrected chi connectivity index (χ4v) is 6.55. The predicted octanol–water partition coefficient (Wildman–Crippen LogP) is 4.63. The zero-order valence-corrected chi connectivity index (χ0v) is 21.9. The van der Waals surface area contributed by atoms with Crippen molar-refractivity contribution in [3.05, 3.63) is 74.4 Å². The number of pyridine rings is 1. The monoisotopic (exact) mass is 550 g/mol. The van der Waals surface area contributed by atoms with Gasteiger partial charge in [0.05, 0.1) is 22.6 Å². The van der Waals surface area contributed by atoms with Crippen LogP contribution in [0.5, 0.6) is 0 Å². The number of carbonyl (C=O) groups is 1. The Morgan fingerprint density at radius 2 is 1.95 bits per heavy atom. The number of carboxylic acids is 1. The molecule has 0 radical (unpaired) electrons. The lowest BCUT2D eigenvalue weighted by atomic mass is 9.34. The van der Waals surface area contributed by atoms with Crippen LogP contribution in [0.3, 0.4) is 0 Å². The number of fused-ring (bicyclic) bond motifs is 1. The van der Waals surface area contributed by atoms with Gasteiger partial charge < -0.3 is 14.9 Å². The Bertz CT molecular complexity index is 1740. The Morgan fingerprint density at radius 3 is 2.64 bits per heavy atom. The molecule has 4 saturated carbocycles. The number of halogens is 2. The van der Waals surface area contributed by atoms with Gasteiger partial charge >= 0.3 is 5.97 Å². The molecule has 200 valence electrons. The molecule has 4 fully saturated rings. The summed E-state index contributed by atoms with van der Waals surface area (Å²) >= 11 is 5.88. The average molecular weight is 551 g/mol. The summed E-state index contributed by atoms with van der Waals surface area (Å²) in [5.41, 5.74) is -0.0128. The first-order valence-corrected chi connectivity index (χ1v) is 13.2. The van der Waals surface area contributed by atoms with Crippen molar-refractivity contribution in [3.8, 4) is 0 Å². The Labute approximate surface area is 226 Å². The Kier molecular flexibility index (Phi) is 5.01. The summed E-state index contributed by atoms with van der Waals surface area (Å²) in [4.78, 5) is 38.7. The van der Waals surface area contributed by atoms with Gasteiger partial charge in [-0.15, -0.1) is 0 Å². The molecule has 3 aromatic heterocycles. The van der Waals surface area contributed by atoms with Crippen LogP contribution in [-0.2, 0) is 17.9 Å². The highest BCUT2D eigenvalue weighted by Gasteiger charge is 2.72. The maximum absolute atomic E-state index is 14.7. The number of hydrogen-bond acceptors (Lipinski definition) is 8. The first-order chi connectivity index (χ1) is 18.6. The fourth-order valence-electron chi connectivity index (χ4n) is 6.41. The minimum atomic E-state index is -1.26. The maximum Gasteiger partial charge on any atom is 0.356 e. The molecule has 3 heterocycles. The van der Waals surface area contributed by atoms with Gasteiger partial charge in [-0.3, -0.25) is 9.36 Å². The molecule has 1 aromatic carbocycles. The van der Waals surface area contributed by atoms with Gasteiger partial charge in [-0.1, -0.05) is 16.8 Å². The van der Waals surface area contributed by atoms with E-state index in [9.17, 15) is 19.1 Å². The Hall–Kier alpha value is -3.86. The van der Waals surface area contributed by atoms with Crippen LogP contribution in [0.1, 0.15) is 84.6 Å². The summed E-state index contributed by atoms with van der Waals surface area (Å²) in [7, 11) is 1.67. The van der Waals surface area contributed by atoms with Crippen LogP contribution in [0, 0.1) is 5.82 Å². The number of nitrogens with one attached hydrogen (secondary N) is 1. The van der Waals surface area contributed by atoms with Gasteiger partial charge in [0.1, 0.15) is 16.8 Å². The highest BCUT2D eigenvalue weighted by atomic mass is 35.5. The molecule has 0 saturated heterocycles. The van der Waals surface area contributed by atoms with Crippen LogP contribution in [0.2, 0.25) is 5.15 Å². The number of anilines is 1. The number of aromatic carboxylic acids is 1. The van der Waals surface area contributed by atoms with Gasteiger partial charge in [0.2, 0.25) is 5.89 Å². The van der Waals surface area contributed by atoms with E-state index < -0.39 is 17.8 Å². The number of rotatable bonds is 7. The van der Waals surface area contributed by atoms with Crippen molar-refractivity contribution < 1.29 is 18.8 Å². The lowest BCUT2D eigenvalue weighted by Crippen LogP contribution is -2.69. The van der Waals surface area contributed by atoms with Crippen LogP contribution >= 0.6 is 11.6 Å². The summed E-state index contributed by atoms with van der Waals surface area (Å²) in [6.45, 7) is 1.75. The zero-order valence-electron chi connectivity index (χ0n) is 21.2. The van der Waals surface area contributed by atoms with Crippen LogP contribution < -0.4 is 10.9 Å². The molecule has 4 aliphatic rings. The van der Waals surface area contributed by atoms with E-state index in [0.29, 0.717) is 22.8 Å². The van der Waals surface area contributed by atoms with Gasteiger partial charge in [0.25, 0.3) is 5.56 Å².